The molecule has 4 heterocycles. The van der Waals surface area contributed by atoms with Crippen molar-refractivity contribution in [1.29, 1.82) is 0 Å². The van der Waals surface area contributed by atoms with Gasteiger partial charge in [-0.15, -0.1) is 0 Å². The minimum Gasteiger partial charge on any atom is -0.480 e. The molecule has 500 valence electrons. The number of carboxylic acid groups (broad SMARTS) is 1. The van der Waals surface area contributed by atoms with Crippen LogP contribution in [0.25, 0.3) is 22.3 Å². The normalized spacial score (nSPS) is 14.3. The number of aryl methyl sites for hydroxylation is 8. The Balaban J connectivity index is 0.000000275. The van der Waals surface area contributed by atoms with Gasteiger partial charge in [0.15, 0.2) is 5.78 Å². The molecule has 92 heavy (non-hydrogen) atoms. The SMILES string of the molecule is C.CCOC(=O)C[C@H](CC(=O)C(CC(C)C)n1cc(CCN2CCC2)c(C)cc1=O)c1cc(-c2c(C)cccc2C)cc(C)c1F.CCOC(=O)C[C@H](N)c1cc(-c2c(C)cccc2C)cc(C)c1F.Cc1cc(=O)n(C(CC(C)C)C(=O)O)cc1CCN1CCC1. The number of benzene rings is 4. The summed E-state index contributed by atoms with van der Waals surface area (Å²) in [4.78, 5) is 80.7. The fourth-order valence-electron chi connectivity index (χ4n) is 12.4. The third-order valence-electron chi connectivity index (χ3n) is 17.6. The van der Waals surface area contributed by atoms with Crippen LogP contribution in [-0.2, 0) is 41.5 Å². The average molecular weight is 1270 g/mol. The van der Waals surface area contributed by atoms with Crippen LogP contribution in [0.3, 0.4) is 0 Å². The second-order valence-corrected chi connectivity index (χ2v) is 25.9. The zero-order valence-electron chi connectivity index (χ0n) is 56.4. The van der Waals surface area contributed by atoms with Crippen LogP contribution < -0.4 is 16.9 Å². The molecule has 3 N–H and O–H groups in total. The van der Waals surface area contributed by atoms with Gasteiger partial charge in [-0.3, -0.25) is 24.0 Å². The lowest BCUT2D eigenvalue weighted by atomic mass is 9.84. The Kier molecular flexibility index (Phi) is 28.7. The summed E-state index contributed by atoms with van der Waals surface area (Å²) in [5.74, 6) is -3.20. The maximum Gasteiger partial charge on any atom is 0.326 e. The van der Waals surface area contributed by atoms with E-state index in [1.807, 2.05) is 124 Å². The summed E-state index contributed by atoms with van der Waals surface area (Å²) < 4.78 is 43.7. The molecule has 6 aromatic rings. The Morgan fingerprint density at radius 3 is 1.33 bits per heavy atom. The first-order chi connectivity index (χ1) is 43.1. The molecule has 2 unspecified atom stereocenters. The van der Waals surface area contributed by atoms with Gasteiger partial charge in [0.2, 0.25) is 0 Å². The summed E-state index contributed by atoms with van der Waals surface area (Å²) in [6, 6.07) is 20.2. The maximum atomic E-state index is 16.0. The summed E-state index contributed by atoms with van der Waals surface area (Å²) >= 11 is 0. The highest BCUT2D eigenvalue weighted by molar-refractivity contribution is 5.85. The first kappa shape index (κ1) is 75.3. The van der Waals surface area contributed by atoms with E-state index in [1.165, 1.54) is 17.4 Å². The minimum absolute atomic E-state index is 0. The van der Waals surface area contributed by atoms with E-state index in [0.717, 1.165) is 119 Å². The van der Waals surface area contributed by atoms with Crippen molar-refractivity contribution >= 4 is 23.7 Å². The van der Waals surface area contributed by atoms with E-state index in [2.05, 4.69) is 9.80 Å². The summed E-state index contributed by atoms with van der Waals surface area (Å²) in [5, 5.41) is 9.46. The molecule has 2 fully saturated rings. The van der Waals surface area contributed by atoms with E-state index in [-0.39, 0.29) is 74.5 Å². The highest BCUT2D eigenvalue weighted by atomic mass is 19.1. The molecule has 2 aromatic heterocycles. The highest BCUT2D eigenvalue weighted by Gasteiger charge is 2.31. The number of aliphatic carboxylic acids is 1. The lowest BCUT2D eigenvalue weighted by Gasteiger charge is -2.31. The van der Waals surface area contributed by atoms with Crippen molar-refractivity contribution in [3.63, 3.8) is 0 Å². The summed E-state index contributed by atoms with van der Waals surface area (Å²) in [6.45, 7) is 33.7. The third kappa shape index (κ3) is 20.3. The van der Waals surface area contributed by atoms with E-state index in [4.69, 9.17) is 15.2 Å². The fraction of sp³-hybridized carbons (Fsp3) is 0.500. The van der Waals surface area contributed by atoms with Crippen LogP contribution in [0.5, 0.6) is 0 Å². The number of aromatic nitrogens is 2. The minimum atomic E-state index is -0.937. The average Bonchev–Trinajstić information content (AvgIpc) is 0.821. The third-order valence-corrected chi connectivity index (χ3v) is 17.6. The molecule has 14 nitrogen and oxygen atoms in total. The van der Waals surface area contributed by atoms with Gasteiger partial charge in [-0.1, -0.05) is 71.5 Å². The number of carbonyl (C=O) groups excluding carboxylic acids is 3. The number of likely N-dealkylation sites (tertiary alicyclic amines) is 2. The van der Waals surface area contributed by atoms with Gasteiger partial charge >= 0.3 is 17.9 Å². The molecule has 0 spiro atoms. The second kappa shape index (κ2) is 35.0. The number of pyridine rings is 2. The van der Waals surface area contributed by atoms with Crippen molar-refractivity contribution in [2.24, 2.45) is 17.6 Å². The van der Waals surface area contributed by atoms with E-state index in [1.54, 1.807) is 62.7 Å². The van der Waals surface area contributed by atoms with Crippen molar-refractivity contribution < 1.29 is 42.5 Å². The zero-order valence-corrected chi connectivity index (χ0v) is 56.4. The Labute approximate surface area is 545 Å². The Hall–Kier alpha value is -7.40. The number of rotatable bonds is 26. The van der Waals surface area contributed by atoms with Crippen molar-refractivity contribution in [2.45, 2.75) is 186 Å². The largest absolute Gasteiger partial charge is 0.480 e. The quantitative estimate of drug-likeness (QED) is 0.0491. The van der Waals surface area contributed by atoms with Crippen LogP contribution >= 0.6 is 0 Å². The fourth-order valence-corrected chi connectivity index (χ4v) is 12.4. The van der Waals surface area contributed by atoms with E-state index < -0.39 is 47.8 Å². The second-order valence-electron chi connectivity index (χ2n) is 25.9. The standard InChI is InChI=1S/C38H49FN2O4.C20H24FNO2.C17H26N2O3.CH4/c1-8-45-36(44)22-30(32-20-31(18-28(7)38(32)39)37-25(4)11-9-12-26(37)5)21-34(42)33(17-24(2)3)41-23-29(27(6)19-35(41)43)13-16-40-14-10-15-40;1-5-24-18(23)11-17(22)16-10-15(9-14(4)20(16)21)19-12(2)7-6-8-13(19)3;1-12(2)9-15(17(21)22)19-11-14(13(3)10-16(19)20)5-8-18-6-4-7-18;/h9,11-12,18-20,23-24,30,33H,8,10,13-17,21-22H2,1-7H3;6-10,17H,5,11,22H2,1-4H3;10-12,15H,4-9H2,1-3H3,(H,21,22);1H4/t30-,33?;17-;;/m00../s1. The molecule has 2 aliphatic rings. The molecule has 8 rings (SSSR count). The number of nitrogens with zero attached hydrogens (tertiary/aromatic N) is 4. The molecule has 0 amide bonds. The molecular formula is C76H103F2N5O9. The number of carboxylic acids is 1. The van der Waals surface area contributed by atoms with Gasteiger partial charge in [0, 0.05) is 61.6 Å². The first-order valence-electron chi connectivity index (χ1n) is 32.6. The maximum absolute atomic E-state index is 16.0. The van der Waals surface area contributed by atoms with E-state index in [0.29, 0.717) is 35.1 Å². The van der Waals surface area contributed by atoms with Crippen LogP contribution in [0.15, 0.2) is 94.8 Å². The molecule has 0 saturated carbocycles. The molecular weight excluding hydrogens is 1160 g/mol. The predicted octanol–water partition coefficient (Wildman–Crippen LogP) is 14.5. The van der Waals surface area contributed by atoms with E-state index >= 15 is 4.39 Å². The lowest BCUT2D eigenvalue weighted by Crippen LogP contribution is -2.38. The van der Waals surface area contributed by atoms with Gasteiger partial charge in [0.25, 0.3) is 11.1 Å². The Morgan fingerprint density at radius 2 is 0.935 bits per heavy atom. The van der Waals surface area contributed by atoms with Crippen molar-refractivity contribution in [3.8, 4) is 22.3 Å². The number of ketones is 1. The number of hydrogen-bond acceptors (Lipinski definition) is 11. The van der Waals surface area contributed by atoms with Gasteiger partial charge in [-0.05, 0) is 253 Å². The molecule has 4 aromatic carbocycles. The highest BCUT2D eigenvalue weighted by Crippen LogP contribution is 2.38. The van der Waals surface area contributed by atoms with Crippen molar-refractivity contribution in [2.75, 3.05) is 52.5 Å². The molecule has 2 aliphatic heterocycles. The van der Waals surface area contributed by atoms with Gasteiger partial charge in [-0.2, -0.15) is 0 Å². The van der Waals surface area contributed by atoms with Gasteiger partial charge in [0.05, 0.1) is 32.1 Å². The lowest BCUT2D eigenvalue weighted by molar-refractivity contribution is -0.144. The van der Waals surface area contributed by atoms with E-state index in [9.17, 15) is 38.3 Å². The zero-order chi connectivity index (χ0) is 67.0. The molecule has 0 bridgehead atoms. The summed E-state index contributed by atoms with van der Waals surface area (Å²) in [5.41, 5.74) is 19.5. The van der Waals surface area contributed by atoms with Crippen LogP contribution in [0.1, 0.15) is 185 Å². The first-order valence-corrected chi connectivity index (χ1v) is 32.6. The number of halogens is 2. The number of carbonyl (C=O) groups is 4. The summed E-state index contributed by atoms with van der Waals surface area (Å²) in [6.07, 6.45) is 8.41. The molecule has 4 atom stereocenters. The number of hydrogen-bond donors (Lipinski definition) is 2. The smallest absolute Gasteiger partial charge is 0.326 e. The number of nitrogens with two attached hydrogens (primary N) is 1. The molecule has 2 saturated heterocycles. The van der Waals surface area contributed by atoms with Gasteiger partial charge < -0.3 is 39.2 Å². The predicted molar refractivity (Wildman–Crippen MR) is 366 cm³/mol. The van der Waals surface area contributed by atoms with Crippen LogP contribution in [0.2, 0.25) is 0 Å². The van der Waals surface area contributed by atoms with Gasteiger partial charge in [-0.25, -0.2) is 13.6 Å². The number of Topliss-reactive ketones (excluding diaryl/α,β-unsaturated/α-hetero) is 1. The van der Waals surface area contributed by atoms with Crippen LogP contribution in [-0.4, -0.2) is 100 Å². The number of ether oxygens (including phenoxy) is 2. The van der Waals surface area contributed by atoms with Gasteiger partial charge in [0.1, 0.15) is 17.7 Å². The number of esters is 2. The van der Waals surface area contributed by atoms with Crippen molar-refractivity contribution in [1.82, 2.24) is 18.9 Å². The Morgan fingerprint density at radius 1 is 0.543 bits per heavy atom. The molecule has 0 aliphatic carbocycles. The van der Waals surface area contributed by atoms with Crippen molar-refractivity contribution in [3.05, 3.63) is 184 Å². The van der Waals surface area contributed by atoms with Crippen LogP contribution in [0.4, 0.5) is 8.78 Å². The molecule has 16 heteroatoms. The summed E-state index contributed by atoms with van der Waals surface area (Å²) in [7, 11) is 0. The Bertz CT molecular complexity index is 3600. The topological polar surface area (TPSA) is 183 Å². The van der Waals surface area contributed by atoms with Crippen LogP contribution in [0, 0.1) is 78.9 Å². The monoisotopic (exact) mass is 1270 g/mol. The molecule has 0 radical (unpaired) electrons.